The zero-order chi connectivity index (χ0) is 18.5. The maximum atomic E-state index is 5.37. The van der Waals surface area contributed by atoms with Crippen LogP contribution in [0.4, 0.5) is 5.82 Å². The van der Waals surface area contributed by atoms with Gasteiger partial charge in [0.05, 0.1) is 12.2 Å². The van der Waals surface area contributed by atoms with E-state index in [-0.39, 0.29) is 0 Å². The van der Waals surface area contributed by atoms with Crippen LogP contribution in [-0.2, 0) is 19.6 Å². The van der Waals surface area contributed by atoms with Crippen molar-refractivity contribution in [2.75, 3.05) is 5.32 Å². The van der Waals surface area contributed by atoms with E-state index in [1.165, 1.54) is 11.1 Å². The minimum atomic E-state index is 0.551. The van der Waals surface area contributed by atoms with Crippen molar-refractivity contribution in [2.24, 2.45) is 0 Å². The van der Waals surface area contributed by atoms with Crippen molar-refractivity contribution in [3.63, 3.8) is 0 Å². The number of benzene rings is 1. The van der Waals surface area contributed by atoms with Crippen LogP contribution >= 0.6 is 12.2 Å². The predicted octanol–water partition coefficient (Wildman–Crippen LogP) is 3.25. The summed E-state index contributed by atoms with van der Waals surface area (Å²) in [6.45, 7) is 8.43. The molecule has 136 valence electrons. The lowest BCUT2D eigenvalue weighted by Gasteiger charge is -2.08. The van der Waals surface area contributed by atoms with E-state index >= 15 is 0 Å². The summed E-state index contributed by atoms with van der Waals surface area (Å²) < 4.78 is 3.83. The third-order valence-corrected chi connectivity index (χ3v) is 4.53. The highest BCUT2D eigenvalue weighted by atomic mass is 32.1. The lowest BCUT2D eigenvalue weighted by atomic mass is 10.1. The topological polar surface area (TPSA) is 59.7 Å². The van der Waals surface area contributed by atoms with Crippen LogP contribution in [0.2, 0.25) is 0 Å². The lowest BCUT2D eigenvalue weighted by molar-refractivity contribution is 0.653. The summed E-state index contributed by atoms with van der Waals surface area (Å²) in [5.74, 6) is 0.733. The quantitative estimate of drug-likeness (QED) is 0.654. The molecule has 3 rings (SSSR count). The van der Waals surface area contributed by atoms with Crippen LogP contribution in [0.3, 0.4) is 0 Å². The third-order valence-electron chi connectivity index (χ3n) is 4.29. The molecule has 2 N–H and O–H groups in total. The number of aryl methyl sites for hydroxylation is 3. The SMILES string of the molecule is CCn1cc(CNC(=S)Nc2ccn(Cc3ccccc3C)n2)c(C)n1. The van der Waals surface area contributed by atoms with Gasteiger partial charge in [-0.05, 0) is 44.1 Å². The highest BCUT2D eigenvalue weighted by Crippen LogP contribution is 2.11. The highest BCUT2D eigenvalue weighted by molar-refractivity contribution is 7.80. The van der Waals surface area contributed by atoms with E-state index in [2.05, 4.69) is 46.8 Å². The van der Waals surface area contributed by atoms with E-state index in [9.17, 15) is 0 Å². The summed E-state index contributed by atoms with van der Waals surface area (Å²) in [5.41, 5.74) is 4.68. The van der Waals surface area contributed by atoms with E-state index in [0.29, 0.717) is 11.7 Å². The Morgan fingerprint density at radius 1 is 1.08 bits per heavy atom. The van der Waals surface area contributed by atoms with Crippen molar-refractivity contribution >= 4 is 23.1 Å². The standard InChI is InChI=1S/C19H24N6S/c1-4-24-13-17(15(3)22-24)11-20-19(26)21-18-9-10-25(23-18)12-16-8-6-5-7-14(16)2/h5-10,13H,4,11-12H2,1-3H3,(H2,20,21,23,26). The zero-order valence-electron chi connectivity index (χ0n) is 15.4. The molecular weight excluding hydrogens is 344 g/mol. The molecule has 26 heavy (non-hydrogen) atoms. The molecule has 0 aliphatic heterocycles. The number of hydrogen-bond acceptors (Lipinski definition) is 3. The Hall–Kier alpha value is -2.67. The summed E-state index contributed by atoms with van der Waals surface area (Å²) in [5, 5.41) is 15.9. The molecule has 0 bridgehead atoms. The minimum absolute atomic E-state index is 0.551. The number of thiocarbonyl (C=S) groups is 1. The second kappa shape index (κ2) is 8.14. The van der Waals surface area contributed by atoms with E-state index < -0.39 is 0 Å². The Balaban J connectivity index is 1.54. The molecule has 3 aromatic rings. The van der Waals surface area contributed by atoms with E-state index in [4.69, 9.17) is 12.2 Å². The van der Waals surface area contributed by atoms with Crippen molar-refractivity contribution in [1.82, 2.24) is 24.9 Å². The Morgan fingerprint density at radius 2 is 1.88 bits per heavy atom. The number of rotatable bonds is 6. The first-order chi connectivity index (χ1) is 12.5. The smallest absolute Gasteiger partial charge is 0.172 e. The Labute approximate surface area is 159 Å². The molecule has 0 aliphatic rings. The van der Waals surface area contributed by atoms with Gasteiger partial charge in [0.2, 0.25) is 0 Å². The van der Waals surface area contributed by atoms with Gasteiger partial charge in [-0.3, -0.25) is 9.36 Å². The number of anilines is 1. The van der Waals surface area contributed by atoms with Crippen molar-refractivity contribution in [3.8, 4) is 0 Å². The maximum absolute atomic E-state index is 5.37. The molecule has 2 aromatic heterocycles. The summed E-state index contributed by atoms with van der Waals surface area (Å²) in [4.78, 5) is 0. The molecule has 0 fully saturated rings. The van der Waals surface area contributed by atoms with Gasteiger partial charge in [-0.25, -0.2) is 0 Å². The van der Waals surface area contributed by atoms with Crippen molar-refractivity contribution < 1.29 is 0 Å². The molecule has 7 heteroatoms. The van der Waals surface area contributed by atoms with Gasteiger partial charge in [0, 0.05) is 37.1 Å². The fraction of sp³-hybridized carbons (Fsp3) is 0.316. The molecule has 0 atom stereocenters. The zero-order valence-corrected chi connectivity index (χ0v) is 16.2. The molecule has 2 heterocycles. The van der Waals surface area contributed by atoms with Gasteiger partial charge in [0.25, 0.3) is 0 Å². The van der Waals surface area contributed by atoms with Gasteiger partial charge in [-0.15, -0.1) is 0 Å². The third kappa shape index (κ3) is 4.49. The van der Waals surface area contributed by atoms with Crippen LogP contribution in [0.1, 0.15) is 29.3 Å². The highest BCUT2D eigenvalue weighted by Gasteiger charge is 2.07. The number of aromatic nitrogens is 4. The number of nitrogens with zero attached hydrogens (tertiary/aromatic N) is 4. The minimum Gasteiger partial charge on any atom is -0.358 e. The summed E-state index contributed by atoms with van der Waals surface area (Å²) in [6.07, 6.45) is 3.99. The van der Waals surface area contributed by atoms with Crippen LogP contribution in [0.5, 0.6) is 0 Å². The Kier molecular flexibility index (Phi) is 5.68. The number of hydrogen-bond donors (Lipinski definition) is 2. The number of nitrogens with one attached hydrogen (secondary N) is 2. The summed E-state index contributed by atoms with van der Waals surface area (Å²) in [7, 11) is 0. The lowest BCUT2D eigenvalue weighted by Crippen LogP contribution is -2.28. The van der Waals surface area contributed by atoms with E-state index in [0.717, 1.165) is 30.2 Å². The van der Waals surface area contributed by atoms with Crippen LogP contribution in [0.25, 0.3) is 0 Å². The molecule has 0 radical (unpaired) electrons. The van der Waals surface area contributed by atoms with Gasteiger partial charge < -0.3 is 10.6 Å². The van der Waals surface area contributed by atoms with Crippen molar-refractivity contribution in [2.45, 2.75) is 40.4 Å². The summed E-state index contributed by atoms with van der Waals surface area (Å²) in [6, 6.07) is 10.2. The van der Waals surface area contributed by atoms with Gasteiger partial charge in [-0.2, -0.15) is 10.2 Å². The van der Waals surface area contributed by atoms with Gasteiger partial charge >= 0.3 is 0 Å². The average molecular weight is 369 g/mol. The normalized spacial score (nSPS) is 10.7. The molecular formula is C19H24N6S. The second-order valence-corrected chi connectivity index (χ2v) is 6.64. The largest absolute Gasteiger partial charge is 0.358 e. The van der Waals surface area contributed by atoms with Gasteiger partial charge in [0.15, 0.2) is 10.9 Å². The molecule has 6 nitrogen and oxygen atoms in total. The predicted molar refractivity (Wildman–Crippen MR) is 108 cm³/mol. The Bertz CT molecular complexity index is 895. The Morgan fingerprint density at radius 3 is 2.62 bits per heavy atom. The van der Waals surface area contributed by atoms with Gasteiger partial charge in [-0.1, -0.05) is 24.3 Å². The van der Waals surface area contributed by atoms with E-state index in [1.807, 2.05) is 46.9 Å². The van der Waals surface area contributed by atoms with Crippen LogP contribution in [-0.4, -0.2) is 24.7 Å². The summed E-state index contributed by atoms with van der Waals surface area (Å²) >= 11 is 5.37. The molecule has 0 unspecified atom stereocenters. The first kappa shape index (κ1) is 18.1. The van der Waals surface area contributed by atoms with Crippen molar-refractivity contribution in [3.05, 3.63) is 65.1 Å². The molecule has 0 saturated carbocycles. The van der Waals surface area contributed by atoms with Crippen LogP contribution < -0.4 is 10.6 Å². The molecule has 0 amide bonds. The van der Waals surface area contributed by atoms with Crippen molar-refractivity contribution in [1.29, 1.82) is 0 Å². The monoisotopic (exact) mass is 368 g/mol. The fourth-order valence-corrected chi connectivity index (χ4v) is 2.89. The van der Waals surface area contributed by atoms with Crippen LogP contribution in [0, 0.1) is 13.8 Å². The maximum Gasteiger partial charge on any atom is 0.172 e. The first-order valence-electron chi connectivity index (χ1n) is 8.71. The van der Waals surface area contributed by atoms with Crippen LogP contribution in [0.15, 0.2) is 42.7 Å². The molecule has 0 saturated heterocycles. The molecule has 0 aliphatic carbocycles. The first-order valence-corrected chi connectivity index (χ1v) is 9.11. The van der Waals surface area contributed by atoms with E-state index in [1.54, 1.807) is 0 Å². The second-order valence-electron chi connectivity index (χ2n) is 6.23. The fourth-order valence-electron chi connectivity index (χ4n) is 2.71. The molecule has 1 aromatic carbocycles. The molecule has 0 spiro atoms. The van der Waals surface area contributed by atoms with Gasteiger partial charge in [0.1, 0.15) is 0 Å². The average Bonchev–Trinajstić information content (AvgIpc) is 3.21.